The Hall–Kier alpha value is -1.73. The van der Waals surface area contributed by atoms with Crippen molar-refractivity contribution in [2.24, 2.45) is 0 Å². The summed E-state index contributed by atoms with van der Waals surface area (Å²) >= 11 is 1.79. The zero-order chi connectivity index (χ0) is 15.1. The van der Waals surface area contributed by atoms with Crippen LogP contribution >= 0.6 is 11.8 Å². The van der Waals surface area contributed by atoms with Crippen LogP contribution in [0.2, 0.25) is 0 Å². The molecular weight excluding hydrogens is 290 g/mol. The Bertz CT molecular complexity index is 600. The summed E-state index contributed by atoms with van der Waals surface area (Å²) in [6.07, 6.45) is 0.577. The monoisotopic (exact) mass is 309 g/mol. The van der Waals surface area contributed by atoms with E-state index >= 15 is 0 Å². The van der Waals surface area contributed by atoms with Gasteiger partial charge in [0.25, 0.3) is 0 Å². The molecule has 1 amide bonds. The summed E-state index contributed by atoms with van der Waals surface area (Å²) in [6.45, 7) is 2.98. The van der Waals surface area contributed by atoms with Crippen LogP contribution < -0.4 is 10.1 Å². The topological polar surface area (TPSA) is 76.2 Å². The Morgan fingerprint density at radius 3 is 3.10 bits per heavy atom. The van der Waals surface area contributed by atoms with Gasteiger partial charge in [-0.1, -0.05) is 6.92 Å². The standard InChI is InChI=1S/C14H19N3O3S/c1-3-8-21-10-4-5-11-12(9-10)17-13(16-11)20-14(18)15-6-7-19-2/h4-5,9H,3,6-8H2,1-2H3,(H,15,18)(H,16,17). The molecule has 1 aromatic carbocycles. The lowest BCUT2D eigenvalue weighted by Crippen LogP contribution is -2.30. The van der Waals surface area contributed by atoms with Gasteiger partial charge >= 0.3 is 12.1 Å². The molecule has 2 rings (SSSR count). The predicted molar refractivity (Wildman–Crippen MR) is 83.0 cm³/mol. The quantitative estimate of drug-likeness (QED) is 0.607. The number of aromatic amines is 1. The summed E-state index contributed by atoms with van der Waals surface area (Å²) in [5.74, 6) is 1.07. The van der Waals surface area contributed by atoms with Crippen LogP contribution in [0.1, 0.15) is 13.3 Å². The third-order valence-electron chi connectivity index (χ3n) is 2.67. The first-order valence-corrected chi connectivity index (χ1v) is 7.78. The van der Waals surface area contributed by atoms with Crippen molar-refractivity contribution in [3.05, 3.63) is 18.2 Å². The van der Waals surface area contributed by atoms with Crippen LogP contribution in [0.3, 0.4) is 0 Å². The van der Waals surface area contributed by atoms with Crippen LogP contribution in [0.15, 0.2) is 23.1 Å². The number of imidazole rings is 1. The lowest BCUT2D eigenvalue weighted by atomic mass is 10.3. The second-order valence-corrected chi connectivity index (χ2v) is 5.55. The van der Waals surface area contributed by atoms with Gasteiger partial charge in [0.1, 0.15) is 0 Å². The lowest BCUT2D eigenvalue weighted by Gasteiger charge is -2.02. The van der Waals surface area contributed by atoms with Gasteiger partial charge in [0.15, 0.2) is 0 Å². The van der Waals surface area contributed by atoms with Crippen molar-refractivity contribution in [3.63, 3.8) is 0 Å². The number of aromatic nitrogens is 2. The molecule has 0 saturated heterocycles. The summed E-state index contributed by atoms with van der Waals surface area (Å²) in [6, 6.07) is 6.14. The Morgan fingerprint density at radius 1 is 1.48 bits per heavy atom. The van der Waals surface area contributed by atoms with E-state index in [0.29, 0.717) is 13.2 Å². The van der Waals surface area contributed by atoms with Gasteiger partial charge in [0.05, 0.1) is 17.6 Å². The molecule has 7 heteroatoms. The summed E-state index contributed by atoms with van der Waals surface area (Å²) in [4.78, 5) is 19.9. The maximum Gasteiger partial charge on any atom is 0.415 e. The Kier molecular flexibility index (Phi) is 5.89. The molecule has 0 unspecified atom stereocenters. The number of carbonyl (C=O) groups excluding carboxylic acids is 1. The highest BCUT2D eigenvalue weighted by molar-refractivity contribution is 7.99. The van der Waals surface area contributed by atoms with E-state index in [1.54, 1.807) is 18.9 Å². The van der Waals surface area contributed by atoms with Crippen LogP contribution in [0, 0.1) is 0 Å². The highest BCUT2D eigenvalue weighted by atomic mass is 32.2. The van der Waals surface area contributed by atoms with Gasteiger partial charge in [-0.05, 0) is 30.4 Å². The number of nitrogens with zero attached hydrogens (tertiary/aromatic N) is 1. The largest absolute Gasteiger partial charge is 0.415 e. The van der Waals surface area contributed by atoms with Gasteiger partial charge in [0, 0.05) is 18.6 Å². The minimum Gasteiger partial charge on any atom is -0.383 e. The second-order valence-electron chi connectivity index (χ2n) is 4.38. The van der Waals surface area contributed by atoms with E-state index in [4.69, 9.17) is 9.47 Å². The fourth-order valence-corrected chi connectivity index (χ4v) is 2.51. The van der Waals surface area contributed by atoms with Crippen molar-refractivity contribution in [1.29, 1.82) is 0 Å². The molecule has 0 fully saturated rings. The number of amides is 1. The van der Waals surface area contributed by atoms with Gasteiger partial charge in [-0.15, -0.1) is 11.8 Å². The van der Waals surface area contributed by atoms with Gasteiger partial charge in [-0.25, -0.2) is 4.79 Å². The fraction of sp³-hybridized carbons (Fsp3) is 0.429. The van der Waals surface area contributed by atoms with Crippen LogP contribution in [0.25, 0.3) is 11.0 Å². The summed E-state index contributed by atoms with van der Waals surface area (Å²) in [5, 5.41) is 2.57. The number of nitrogens with one attached hydrogen (secondary N) is 2. The number of H-pyrrole nitrogens is 1. The van der Waals surface area contributed by atoms with E-state index in [1.165, 1.54) is 4.90 Å². The molecule has 0 aliphatic carbocycles. The van der Waals surface area contributed by atoms with Crippen molar-refractivity contribution < 1.29 is 14.3 Å². The van der Waals surface area contributed by atoms with Crippen LogP contribution in [-0.4, -0.2) is 42.1 Å². The molecule has 21 heavy (non-hydrogen) atoms. The molecule has 2 N–H and O–H groups in total. The Balaban J connectivity index is 1.99. The fourth-order valence-electron chi connectivity index (χ4n) is 1.70. The van der Waals surface area contributed by atoms with Crippen molar-refractivity contribution in [1.82, 2.24) is 15.3 Å². The average Bonchev–Trinajstić information content (AvgIpc) is 2.86. The van der Waals surface area contributed by atoms with Crippen molar-refractivity contribution >= 4 is 28.9 Å². The third-order valence-corrected chi connectivity index (χ3v) is 3.87. The molecule has 6 nitrogen and oxygen atoms in total. The number of hydrogen-bond donors (Lipinski definition) is 2. The third kappa shape index (κ3) is 4.64. The molecule has 0 radical (unpaired) electrons. The number of benzene rings is 1. The van der Waals surface area contributed by atoms with Crippen molar-refractivity contribution in [2.75, 3.05) is 26.0 Å². The molecule has 0 aliphatic rings. The number of methoxy groups -OCH3 is 1. The maximum atomic E-state index is 11.5. The maximum absolute atomic E-state index is 11.5. The number of fused-ring (bicyclic) bond motifs is 1. The van der Waals surface area contributed by atoms with Crippen LogP contribution in [-0.2, 0) is 4.74 Å². The number of ether oxygens (including phenoxy) is 2. The molecule has 114 valence electrons. The smallest absolute Gasteiger partial charge is 0.383 e. The van der Waals surface area contributed by atoms with E-state index in [9.17, 15) is 4.79 Å². The molecule has 0 atom stereocenters. The predicted octanol–water partition coefficient (Wildman–Crippen LogP) is 2.80. The molecular formula is C14H19N3O3S. The summed E-state index contributed by atoms with van der Waals surface area (Å²) in [7, 11) is 1.57. The van der Waals surface area contributed by atoms with E-state index in [1.807, 2.05) is 18.2 Å². The lowest BCUT2D eigenvalue weighted by molar-refractivity contribution is 0.178. The zero-order valence-corrected chi connectivity index (χ0v) is 13.0. The first kappa shape index (κ1) is 15.7. The molecule has 1 aromatic heterocycles. The highest BCUT2D eigenvalue weighted by Crippen LogP contribution is 2.24. The number of carbonyl (C=O) groups is 1. The number of hydrogen-bond acceptors (Lipinski definition) is 5. The Labute approximate surface area is 127 Å². The minimum atomic E-state index is -0.549. The first-order valence-electron chi connectivity index (χ1n) is 6.80. The molecule has 0 aliphatic heterocycles. The summed E-state index contributed by atoms with van der Waals surface area (Å²) in [5.41, 5.74) is 1.63. The normalized spacial score (nSPS) is 10.8. The van der Waals surface area contributed by atoms with Crippen molar-refractivity contribution in [3.8, 4) is 6.01 Å². The number of thioether (sulfide) groups is 1. The first-order chi connectivity index (χ1) is 10.2. The second kappa shape index (κ2) is 7.90. The molecule has 0 bridgehead atoms. The highest BCUT2D eigenvalue weighted by Gasteiger charge is 2.09. The van der Waals surface area contributed by atoms with Gasteiger partial charge in [-0.3, -0.25) is 0 Å². The van der Waals surface area contributed by atoms with E-state index < -0.39 is 6.09 Å². The molecule has 0 spiro atoms. The van der Waals surface area contributed by atoms with E-state index in [2.05, 4.69) is 22.2 Å². The van der Waals surface area contributed by atoms with E-state index in [-0.39, 0.29) is 6.01 Å². The number of rotatable bonds is 7. The van der Waals surface area contributed by atoms with Gasteiger partial charge < -0.3 is 19.8 Å². The van der Waals surface area contributed by atoms with E-state index in [0.717, 1.165) is 23.2 Å². The van der Waals surface area contributed by atoms with Crippen LogP contribution in [0.4, 0.5) is 4.79 Å². The molecule has 0 saturated carbocycles. The SMILES string of the molecule is CCCSc1ccc2nc(OC(=O)NCCOC)[nH]c2c1. The molecule has 2 aromatic rings. The zero-order valence-electron chi connectivity index (χ0n) is 12.1. The molecule has 1 heterocycles. The Morgan fingerprint density at radius 2 is 2.33 bits per heavy atom. The average molecular weight is 309 g/mol. The van der Waals surface area contributed by atoms with Gasteiger partial charge in [-0.2, -0.15) is 4.98 Å². The summed E-state index contributed by atoms with van der Waals surface area (Å²) < 4.78 is 9.93. The van der Waals surface area contributed by atoms with Gasteiger partial charge in [0.2, 0.25) is 0 Å². The minimum absolute atomic E-state index is 0.192. The van der Waals surface area contributed by atoms with Crippen molar-refractivity contribution in [2.45, 2.75) is 18.2 Å². The van der Waals surface area contributed by atoms with Crippen LogP contribution in [0.5, 0.6) is 6.01 Å².